The third kappa shape index (κ3) is 4.68. The molecule has 1 aliphatic rings. The third-order valence-electron chi connectivity index (χ3n) is 3.52. The molecule has 0 aliphatic carbocycles. The number of primary amides is 1. The van der Waals surface area contributed by atoms with Crippen LogP contribution in [0.1, 0.15) is 19.3 Å². The number of hydrogen-bond acceptors (Lipinski definition) is 3. The van der Waals surface area contributed by atoms with Crippen molar-refractivity contribution in [3.8, 4) is 5.75 Å². The average molecular weight is 344 g/mol. The zero-order valence-corrected chi connectivity index (χ0v) is 13.2. The van der Waals surface area contributed by atoms with E-state index in [0.717, 1.165) is 25.3 Å². The summed E-state index contributed by atoms with van der Waals surface area (Å²) in [7, 11) is 0. The van der Waals surface area contributed by atoms with Crippen molar-refractivity contribution in [2.24, 2.45) is 5.73 Å². The quantitative estimate of drug-likeness (QED) is 0.881. The number of carbonyl (C=O) groups excluding carboxylic acids is 1. The van der Waals surface area contributed by atoms with Gasteiger partial charge in [-0.25, -0.2) is 4.79 Å². The van der Waals surface area contributed by atoms with Crippen molar-refractivity contribution in [2.45, 2.75) is 19.3 Å². The average Bonchev–Trinajstić information content (AvgIpc) is 2.42. The zero-order chi connectivity index (χ0) is 13.7. The number of benzene rings is 1. The minimum absolute atomic E-state index is 0. The van der Waals surface area contributed by atoms with Crippen LogP contribution in [0.4, 0.5) is 10.5 Å². The number of nitrogens with zero attached hydrogens (tertiary/aromatic N) is 2. The SMILES string of the molecule is Br.NC(=O)N(CCN1CCCCC1)c1ccc(O)cc1. The summed E-state index contributed by atoms with van der Waals surface area (Å²) in [6, 6.07) is 6.08. The second-order valence-electron chi connectivity index (χ2n) is 4.91. The largest absolute Gasteiger partial charge is 0.508 e. The van der Waals surface area contributed by atoms with Gasteiger partial charge >= 0.3 is 6.03 Å². The molecule has 0 aromatic heterocycles. The number of phenolic OH excluding ortho intramolecular Hbond substituents is 1. The lowest BCUT2D eigenvalue weighted by molar-refractivity contribution is 0.229. The van der Waals surface area contributed by atoms with Crippen LogP contribution in [0.2, 0.25) is 0 Å². The maximum Gasteiger partial charge on any atom is 0.319 e. The molecule has 1 aromatic carbocycles. The highest BCUT2D eigenvalue weighted by Gasteiger charge is 2.15. The van der Waals surface area contributed by atoms with Gasteiger partial charge in [0.25, 0.3) is 0 Å². The lowest BCUT2D eigenvalue weighted by Gasteiger charge is -2.29. The predicted octanol–water partition coefficient (Wildman–Crippen LogP) is 2.34. The molecule has 2 amide bonds. The molecule has 0 unspecified atom stereocenters. The van der Waals surface area contributed by atoms with Crippen molar-refractivity contribution in [1.29, 1.82) is 0 Å². The number of nitrogens with two attached hydrogens (primary N) is 1. The number of amides is 2. The Morgan fingerprint density at radius 1 is 1.20 bits per heavy atom. The van der Waals surface area contributed by atoms with E-state index in [1.165, 1.54) is 19.3 Å². The minimum Gasteiger partial charge on any atom is -0.508 e. The summed E-state index contributed by atoms with van der Waals surface area (Å²) in [6.45, 7) is 3.62. The fourth-order valence-corrected chi connectivity index (χ4v) is 2.42. The monoisotopic (exact) mass is 343 g/mol. The number of phenols is 1. The first kappa shape index (κ1) is 16.8. The summed E-state index contributed by atoms with van der Waals surface area (Å²) in [4.78, 5) is 15.4. The predicted molar refractivity (Wildman–Crippen MR) is 85.6 cm³/mol. The second-order valence-corrected chi connectivity index (χ2v) is 4.91. The smallest absolute Gasteiger partial charge is 0.319 e. The summed E-state index contributed by atoms with van der Waals surface area (Å²) >= 11 is 0. The topological polar surface area (TPSA) is 69.8 Å². The van der Waals surface area contributed by atoms with Gasteiger partial charge in [-0.3, -0.25) is 4.90 Å². The van der Waals surface area contributed by atoms with Crippen molar-refractivity contribution < 1.29 is 9.90 Å². The van der Waals surface area contributed by atoms with Crippen molar-refractivity contribution in [2.75, 3.05) is 31.1 Å². The number of piperidine rings is 1. The first-order valence-corrected chi connectivity index (χ1v) is 6.75. The van der Waals surface area contributed by atoms with Crippen LogP contribution in [0.3, 0.4) is 0 Å². The highest BCUT2D eigenvalue weighted by molar-refractivity contribution is 8.93. The first-order chi connectivity index (χ1) is 9.16. The highest BCUT2D eigenvalue weighted by atomic mass is 79.9. The van der Waals surface area contributed by atoms with E-state index in [-0.39, 0.29) is 22.7 Å². The molecule has 0 bridgehead atoms. The van der Waals surface area contributed by atoms with Gasteiger partial charge in [0.1, 0.15) is 5.75 Å². The number of halogens is 1. The lowest BCUT2D eigenvalue weighted by Crippen LogP contribution is -2.42. The van der Waals surface area contributed by atoms with E-state index in [2.05, 4.69) is 4.90 Å². The Kier molecular flexibility index (Phi) is 6.81. The van der Waals surface area contributed by atoms with Gasteiger partial charge in [0.2, 0.25) is 0 Å². The number of urea groups is 1. The van der Waals surface area contributed by atoms with Crippen molar-refractivity contribution >= 4 is 28.7 Å². The second kappa shape index (κ2) is 8.11. The van der Waals surface area contributed by atoms with Gasteiger partial charge < -0.3 is 15.7 Å². The van der Waals surface area contributed by atoms with Gasteiger partial charge in [0.05, 0.1) is 0 Å². The molecule has 5 nitrogen and oxygen atoms in total. The molecule has 112 valence electrons. The van der Waals surface area contributed by atoms with Crippen LogP contribution in [0.25, 0.3) is 0 Å². The lowest BCUT2D eigenvalue weighted by atomic mass is 10.1. The van der Waals surface area contributed by atoms with Crippen molar-refractivity contribution in [3.63, 3.8) is 0 Å². The maximum atomic E-state index is 11.5. The summed E-state index contributed by atoms with van der Waals surface area (Å²) in [6.07, 6.45) is 3.76. The van der Waals surface area contributed by atoms with Crippen LogP contribution >= 0.6 is 17.0 Å². The van der Waals surface area contributed by atoms with Crippen LogP contribution in [0.5, 0.6) is 5.75 Å². The van der Waals surface area contributed by atoms with Crippen LogP contribution in [-0.2, 0) is 0 Å². The zero-order valence-electron chi connectivity index (χ0n) is 11.5. The van der Waals surface area contributed by atoms with Crippen LogP contribution in [0, 0.1) is 0 Å². The van der Waals surface area contributed by atoms with Crippen molar-refractivity contribution in [1.82, 2.24) is 4.90 Å². The van der Waals surface area contributed by atoms with E-state index in [9.17, 15) is 9.90 Å². The van der Waals surface area contributed by atoms with E-state index in [0.29, 0.717) is 6.54 Å². The molecule has 0 atom stereocenters. The van der Waals surface area contributed by atoms with E-state index >= 15 is 0 Å². The Hall–Kier alpha value is -1.27. The molecular weight excluding hydrogens is 322 g/mol. The molecule has 0 saturated carbocycles. The van der Waals surface area contributed by atoms with Gasteiger partial charge in [0, 0.05) is 18.8 Å². The number of anilines is 1. The number of rotatable bonds is 4. The molecule has 0 radical (unpaired) electrons. The Bertz CT molecular complexity index is 419. The third-order valence-corrected chi connectivity index (χ3v) is 3.52. The molecule has 1 heterocycles. The van der Waals surface area contributed by atoms with Gasteiger partial charge in [-0.15, -0.1) is 17.0 Å². The summed E-state index contributed by atoms with van der Waals surface area (Å²) in [5.74, 6) is 0.184. The van der Waals surface area contributed by atoms with Crippen LogP contribution in [-0.4, -0.2) is 42.2 Å². The molecule has 0 spiro atoms. The van der Waals surface area contributed by atoms with E-state index in [4.69, 9.17) is 5.73 Å². The Morgan fingerprint density at radius 2 is 1.80 bits per heavy atom. The van der Waals surface area contributed by atoms with Gasteiger partial charge in [-0.2, -0.15) is 0 Å². The van der Waals surface area contributed by atoms with Gasteiger partial charge in [-0.05, 0) is 50.2 Å². The summed E-state index contributed by atoms with van der Waals surface area (Å²) < 4.78 is 0. The van der Waals surface area contributed by atoms with Crippen LogP contribution < -0.4 is 10.6 Å². The summed E-state index contributed by atoms with van der Waals surface area (Å²) in [5, 5.41) is 9.27. The molecule has 20 heavy (non-hydrogen) atoms. The van der Waals surface area contributed by atoms with E-state index in [1.807, 2.05) is 0 Å². The van der Waals surface area contributed by atoms with Gasteiger partial charge in [-0.1, -0.05) is 6.42 Å². The van der Waals surface area contributed by atoms with Crippen molar-refractivity contribution in [3.05, 3.63) is 24.3 Å². The number of likely N-dealkylation sites (tertiary alicyclic amines) is 1. The normalized spacial score (nSPS) is 15.4. The Balaban J connectivity index is 0.00000200. The molecule has 1 fully saturated rings. The highest BCUT2D eigenvalue weighted by Crippen LogP contribution is 2.18. The minimum atomic E-state index is -0.456. The molecule has 2 rings (SSSR count). The molecule has 6 heteroatoms. The maximum absolute atomic E-state index is 11.5. The van der Waals surface area contributed by atoms with E-state index < -0.39 is 6.03 Å². The van der Waals surface area contributed by atoms with Crippen LogP contribution in [0.15, 0.2) is 24.3 Å². The summed E-state index contributed by atoms with van der Waals surface area (Å²) in [5.41, 5.74) is 6.15. The fraction of sp³-hybridized carbons (Fsp3) is 0.500. The Morgan fingerprint density at radius 3 is 2.35 bits per heavy atom. The number of carbonyl (C=O) groups is 1. The molecule has 1 aromatic rings. The molecule has 1 saturated heterocycles. The first-order valence-electron chi connectivity index (χ1n) is 6.75. The fourth-order valence-electron chi connectivity index (χ4n) is 2.42. The number of hydrogen-bond donors (Lipinski definition) is 2. The number of aromatic hydroxyl groups is 1. The van der Waals surface area contributed by atoms with Gasteiger partial charge in [0.15, 0.2) is 0 Å². The molecule has 1 aliphatic heterocycles. The Labute approximate surface area is 130 Å². The molecule has 3 N–H and O–H groups in total. The standard InChI is InChI=1S/C14H21N3O2.BrH/c15-14(19)17(12-4-6-13(18)7-5-12)11-10-16-8-2-1-3-9-16;/h4-7,18H,1-3,8-11H2,(H2,15,19);1H. The van der Waals surface area contributed by atoms with E-state index in [1.54, 1.807) is 29.2 Å². The molecular formula is C14H22BrN3O2.